The normalized spacial score (nSPS) is 16.8. The number of ketones is 1. The molecule has 0 atom stereocenters. The fourth-order valence-electron chi connectivity index (χ4n) is 4.69. The van der Waals surface area contributed by atoms with Gasteiger partial charge in [-0.15, -0.1) is 0 Å². The fraction of sp³-hybridized carbons (Fsp3) is 0.375. The van der Waals surface area contributed by atoms with Crippen LogP contribution in [0.4, 0.5) is 4.39 Å². The molecule has 0 aliphatic carbocycles. The summed E-state index contributed by atoms with van der Waals surface area (Å²) in [5.74, 6) is 0.446. The molecule has 32 heavy (non-hydrogen) atoms. The number of fused-ring (bicyclic) bond motifs is 2. The smallest absolute Gasteiger partial charge is 0.253 e. The van der Waals surface area contributed by atoms with Gasteiger partial charge in [-0.25, -0.2) is 4.39 Å². The summed E-state index contributed by atoms with van der Waals surface area (Å²) >= 11 is 0. The van der Waals surface area contributed by atoms with Crippen LogP contribution in [0, 0.1) is 5.82 Å². The quantitative estimate of drug-likeness (QED) is 0.679. The van der Waals surface area contributed by atoms with E-state index in [0.29, 0.717) is 42.9 Å². The van der Waals surface area contributed by atoms with E-state index in [-0.39, 0.29) is 36.6 Å². The molecule has 2 aliphatic rings. The number of amides is 1. The zero-order valence-corrected chi connectivity index (χ0v) is 17.6. The number of halogens is 1. The van der Waals surface area contributed by atoms with Gasteiger partial charge in [0.15, 0.2) is 5.78 Å². The van der Waals surface area contributed by atoms with Crippen molar-refractivity contribution < 1.29 is 23.8 Å². The Balaban J connectivity index is 1.32. The molecule has 3 heterocycles. The minimum absolute atomic E-state index is 0.00987. The summed E-state index contributed by atoms with van der Waals surface area (Å²) in [6, 6.07) is 9.90. The highest BCUT2D eigenvalue weighted by atomic mass is 19.1. The number of rotatable bonds is 4. The molecule has 0 saturated carbocycles. The van der Waals surface area contributed by atoms with Crippen molar-refractivity contribution in [2.45, 2.75) is 31.7 Å². The molecular weight excluding hydrogens is 413 g/mol. The molecule has 7 nitrogen and oxygen atoms in total. The average Bonchev–Trinajstić information content (AvgIpc) is 3.16. The largest absolute Gasteiger partial charge is 0.486 e. The maximum Gasteiger partial charge on any atom is 0.253 e. The Bertz CT molecular complexity index is 1200. The highest BCUT2D eigenvalue weighted by molar-refractivity contribution is 5.95. The Morgan fingerprint density at radius 1 is 1.19 bits per heavy atom. The molecule has 1 N–H and O–H groups in total. The molecule has 0 bridgehead atoms. The molecule has 2 aliphatic heterocycles. The highest BCUT2D eigenvalue weighted by Gasteiger charge is 2.28. The third kappa shape index (κ3) is 3.75. The first-order valence-electron chi connectivity index (χ1n) is 10.9. The fourth-order valence-corrected chi connectivity index (χ4v) is 4.69. The van der Waals surface area contributed by atoms with Crippen molar-refractivity contribution in [2.75, 3.05) is 26.3 Å². The Kier molecular flexibility index (Phi) is 5.38. The summed E-state index contributed by atoms with van der Waals surface area (Å²) < 4.78 is 20.8. The number of nitrogens with zero attached hydrogens (tertiary/aromatic N) is 3. The van der Waals surface area contributed by atoms with E-state index in [2.05, 4.69) is 5.10 Å². The van der Waals surface area contributed by atoms with Gasteiger partial charge in [-0.3, -0.25) is 14.3 Å². The number of aliphatic hydroxyl groups excluding tert-OH is 1. The molecule has 166 valence electrons. The minimum atomic E-state index is -0.333. The van der Waals surface area contributed by atoms with Crippen molar-refractivity contribution in [1.82, 2.24) is 14.7 Å². The lowest BCUT2D eigenvalue weighted by Gasteiger charge is -2.31. The van der Waals surface area contributed by atoms with Crippen LogP contribution >= 0.6 is 0 Å². The molecule has 1 fully saturated rings. The number of aromatic nitrogens is 2. The number of carbonyl (C=O) groups excluding carboxylic acids is 2. The number of Topliss-reactive ketones (excluding diaryl/α,β-unsaturated/α-hetero) is 1. The second kappa shape index (κ2) is 8.35. The van der Waals surface area contributed by atoms with Crippen LogP contribution in [0.2, 0.25) is 0 Å². The lowest BCUT2D eigenvalue weighted by molar-refractivity contribution is -0.121. The molecule has 1 saturated heterocycles. The van der Waals surface area contributed by atoms with Crippen LogP contribution in [-0.4, -0.2) is 57.8 Å². The summed E-state index contributed by atoms with van der Waals surface area (Å²) in [6.45, 7) is 1.50. The van der Waals surface area contributed by atoms with Crippen LogP contribution in [-0.2, 0) is 17.8 Å². The summed E-state index contributed by atoms with van der Waals surface area (Å²) in [5, 5.41) is 14.9. The van der Waals surface area contributed by atoms with Gasteiger partial charge in [0.05, 0.1) is 24.4 Å². The minimum Gasteiger partial charge on any atom is -0.486 e. The van der Waals surface area contributed by atoms with Crippen molar-refractivity contribution in [1.29, 1.82) is 0 Å². The summed E-state index contributed by atoms with van der Waals surface area (Å²) in [4.78, 5) is 26.6. The van der Waals surface area contributed by atoms with Crippen molar-refractivity contribution in [2.24, 2.45) is 0 Å². The SMILES string of the molecule is O=C1COc2ccc(C(=O)N3CCC(c4nn(CCO)c5cc(F)ccc45)CC3)cc2C1. The second-order valence-corrected chi connectivity index (χ2v) is 8.39. The molecule has 1 aromatic heterocycles. The third-order valence-electron chi connectivity index (χ3n) is 6.31. The second-order valence-electron chi connectivity index (χ2n) is 8.39. The Hall–Kier alpha value is -3.26. The molecule has 2 aromatic carbocycles. The average molecular weight is 437 g/mol. The van der Waals surface area contributed by atoms with Gasteiger partial charge >= 0.3 is 0 Å². The van der Waals surface area contributed by atoms with E-state index in [1.807, 2.05) is 4.90 Å². The van der Waals surface area contributed by atoms with Crippen molar-refractivity contribution >= 4 is 22.6 Å². The number of carbonyl (C=O) groups is 2. The van der Waals surface area contributed by atoms with Gasteiger partial charge in [-0.05, 0) is 49.2 Å². The van der Waals surface area contributed by atoms with E-state index in [1.165, 1.54) is 12.1 Å². The molecule has 1 amide bonds. The van der Waals surface area contributed by atoms with E-state index in [0.717, 1.165) is 29.5 Å². The lowest BCUT2D eigenvalue weighted by atomic mass is 9.91. The molecule has 3 aromatic rings. The van der Waals surface area contributed by atoms with Gasteiger partial charge in [0, 0.05) is 41.9 Å². The molecule has 8 heteroatoms. The molecular formula is C24H24FN3O4. The van der Waals surface area contributed by atoms with Crippen LogP contribution in [0.15, 0.2) is 36.4 Å². The number of ether oxygens (including phenoxy) is 1. The standard InChI is InChI=1S/C24H24FN3O4/c25-18-2-3-20-21(13-18)28(9-10-29)26-23(20)15-5-7-27(8-6-15)24(31)16-1-4-22-17(11-16)12-19(30)14-32-22/h1-4,11,13,15,29H,5-10,12,14H2. The Labute approximate surface area is 184 Å². The number of piperidine rings is 1. The van der Waals surface area contributed by atoms with Crippen LogP contribution in [0.1, 0.15) is 40.4 Å². The first-order chi connectivity index (χ1) is 15.5. The first kappa shape index (κ1) is 20.6. The number of hydrogen-bond acceptors (Lipinski definition) is 5. The van der Waals surface area contributed by atoms with E-state index < -0.39 is 0 Å². The van der Waals surface area contributed by atoms with Crippen molar-refractivity contribution in [3.05, 3.63) is 59.0 Å². The monoisotopic (exact) mass is 437 g/mol. The van der Waals surface area contributed by atoms with Crippen molar-refractivity contribution in [3.8, 4) is 5.75 Å². The van der Waals surface area contributed by atoms with Crippen LogP contribution in [0.25, 0.3) is 10.9 Å². The molecule has 0 radical (unpaired) electrons. The lowest BCUT2D eigenvalue weighted by Crippen LogP contribution is -2.38. The molecule has 0 spiro atoms. The topological polar surface area (TPSA) is 84.7 Å². The van der Waals surface area contributed by atoms with Gasteiger partial charge in [0.2, 0.25) is 0 Å². The van der Waals surface area contributed by atoms with E-state index in [1.54, 1.807) is 28.9 Å². The van der Waals surface area contributed by atoms with Gasteiger partial charge < -0.3 is 14.7 Å². The van der Waals surface area contributed by atoms with Crippen molar-refractivity contribution in [3.63, 3.8) is 0 Å². The zero-order valence-electron chi connectivity index (χ0n) is 17.6. The van der Waals surface area contributed by atoms with Gasteiger partial charge in [0.25, 0.3) is 5.91 Å². The maximum atomic E-state index is 13.8. The van der Waals surface area contributed by atoms with Crippen LogP contribution < -0.4 is 4.74 Å². The van der Waals surface area contributed by atoms with Gasteiger partial charge in [-0.2, -0.15) is 5.10 Å². The van der Waals surface area contributed by atoms with Gasteiger partial charge in [0.1, 0.15) is 18.2 Å². The zero-order chi connectivity index (χ0) is 22.2. The Morgan fingerprint density at radius 2 is 2.00 bits per heavy atom. The molecule has 0 unspecified atom stereocenters. The Morgan fingerprint density at radius 3 is 2.78 bits per heavy atom. The summed E-state index contributed by atoms with van der Waals surface area (Å²) in [6.07, 6.45) is 1.80. The maximum absolute atomic E-state index is 13.8. The summed E-state index contributed by atoms with van der Waals surface area (Å²) in [5.41, 5.74) is 2.90. The number of likely N-dealkylation sites (tertiary alicyclic amines) is 1. The van der Waals surface area contributed by atoms with E-state index in [4.69, 9.17) is 4.74 Å². The number of hydrogen-bond donors (Lipinski definition) is 1. The predicted octanol–water partition coefficient (Wildman–Crippen LogP) is 2.69. The predicted molar refractivity (Wildman–Crippen MR) is 115 cm³/mol. The number of benzene rings is 2. The number of aliphatic hydroxyl groups is 1. The van der Waals surface area contributed by atoms with E-state index >= 15 is 0 Å². The van der Waals surface area contributed by atoms with E-state index in [9.17, 15) is 19.1 Å². The van der Waals surface area contributed by atoms with Crippen LogP contribution in [0.3, 0.4) is 0 Å². The van der Waals surface area contributed by atoms with Gasteiger partial charge in [-0.1, -0.05) is 0 Å². The van der Waals surface area contributed by atoms with Crippen LogP contribution in [0.5, 0.6) is 5.75 Å². The third-order valence-corrected chi connectivity index (χ3v) is 6.31. The highest BCUT2D eigenvalue weighted by Crippen LogP contribution is 2.33. The first-order valence-corrected chi connectivity index (χ1v) is 10.9. The summed E-state index contributed by atoms with van der Waals surface area (Å²) in [7, 11) is 0. The molecule has 5 rings (SSSR count).